The molecular formula is C17H20N2O. The van der Waals surface area contributed by atoms with Crippen molar-refractivity contribution in [2.45, 2.75) is 19.3 Å². The molecule has 2 aromatic carbocycles. The number of hydrogen-bond acceptors (Lipinski definition) is 2. The highest BCUT2D eigenvalue weighted by molar-refractivity contribution is 5.92. The standard InChI is InChI=1S/C17H20N2O/c18-11-5-9-14-8-4-10-16(12-14)19-17(20)13-15-6-2-1-3-7-15/h1-4,6-8,10,12H,5,9,11,13,18H2,(H,19,20). The molecule has 3 heteroatoms. The van der Waals surface area contributed by atoms with Crippen LogP contribution in [0.15, 0.2) is 54.6 Å². The lowest BCUT2D eigenvalue weighted by Crippen LogP contribution is -2.14. The lowest BCUT2D eigenvalue weighted by atomic mass is 10.1. The highest BCUT2D eigenvalue weighted by Crippen LogP contribution is 2.12. The number of nitrogens with two attached hydrogens (primary N) is 1. The second kappa shape index (κ2) is 7.46. The maximum atomic E-state index is 12.0. The molecule has 1 amide bonds. The van der Waals surface area contributed by atoms with Gasteiger partial charge in [0.1, 0.15) is 0 Å². The molecule has 0 aliphatic heterocycles. The van der Waals surface area contributed by atoms with Gasteiger partial charge in [0.05, 0.1) is 6.42 Å². The van der Waals surface area contributed by atoms with Crippen LogP contribution >= 0.6 is 0 Å². The van der Waals surface area contributed by atoms with Crippen LogP contribution in [-0.2, 0) is 17.6 Å². The van der Waals surface area contributed by atoms with E-state index in [1.54, 1.807) is 0 Å². The van der Waals surface area contributed by atoms with E-state index in [4.69, 9.17) is 5.73 Å². The van der Waals surface area contributed by atoms with E-state index in [1.165, 1.54) is 5.56 Å². The van der Waals surface area contributed by atoms with Crippen molar-refractivity contribution in [3.05, 3.63) is 65.7 Å². The van der Waals surface area contributed by atoms with E-state index < -0.39 is 0 Å². The maximum absolute atomic E-state index is 12.0. The average molecular weight is 268 g/mol. The van der Waals surface area contributed by atoms with Gasteiger partial charge in [0.2, 0.25) is 5.91 Å². The van der Waals surface area contributed by atoms with Crippen LogP contribution in [0.2, 0.25) is 0 Å². The van der Waals surface area contributed by atoms with Crippen molar-refractivity contribution in [2.24, 2.45) is 5.73 Å². The first-order valence-electron chi connectivity index (χ1n) is 6.91. The summed E-state index contributed by atoms with van der Waals surface area (Å²) in [7, 11) is 0. The molecule has 0 fully saturated rings. The van der Waals surface area contributed by atoms with Crippen molar-refractivity contribution in [2.75, 3.05) is 11.9 Å². The van der Waals surface area contributed by atoms with Crippen molar-refractivity contribution in [3.63, 3.8) is 0 Å². The summed E-state index contributed by atoms with van der Waals surface area (Å²) in [5, 5.41) is 2.94. The molecule has 0 atom stereocenters. The minimum Gasteiger partial charge on any atom is -0.330 e. The van der Waals surface area contributed by atoms with Crippen LogP contribution in [0.5, 0.6) is 0 Å². The van der Waals surface area contributed by atoms with Crippen molar-refractivity contribution in [1.29, 1.82) is 0 Å². The molecule has 0 aromatic heterocycles. The van der Waals surface area contributed by atoms with Gasteiger partial charge in [-0.2, -0.15) is 0 Å². The van der Waals surface area contributed by atoms with E-state index in [1.807, 2.05) is 48.5 Å². The average Bonchev–Trinajstić information content (AvgIpc) is 2.46. The third-order valence-corrected chi connectivity index (χ3v) is 3.09. The number of carbonyl (C=O) groups is 1. The summed E-state index contributed by atoms with van der Waals surface area (Å²) in [6.45, 7) is 0.685. The molecule has 3 nitrogen and oxygen atoms in total. The molecule has 3 N–H and O–H groups in total. The quantitative estimate of drug-likeness (QED) is 0.846. The Morgan fingerprint density at radius 3 is 2.50 bits per heavy atom. The Hall–Kier alpha value is -2.13. The molecule has 0 saturated heterocycles. The molecule has 0 unspecified atom stereocenters. The molecule has 0 aliphatic carbocycles. The molecule has 2 rings (SSSR count). The summed E-state index contributed by atoms with van der Waals surface area (Å²) in [6.07, 6.45) is 2.30. The molecule has 0 saturated carbocycles. The number of carbonyl (C=O) groups excluding carboxylic acids is 1. The lowest BCUT2D eigenvalue weighted by molar-refractivity contribution is -0.115. The molecule has 0 bridgehead atoms. The first-order chi connectivity index (χ1) is 9.78. The Morgan fingerprint density at radius 2 is 1.75 bits per heavy atom. The first kappa shape index (κ1) is 14.3. The van der Waals surface area contributed by atoms with Crippen LogP contribution in [-0.4, -0.2) is 12.5 Å². The number of nitrogens with one attached hydrogen (secondary N) is 1. The van der Waals surface area contributed by atoms with Gasteiger partial charge in [-0.1, -0.05) is 42.5 Å². The summed E-state index contributed by atoms with van der Waals surface area (Å²) in [5.74, 6) is 0.00664. The van der Waals surface area contributed by atoms with Crippen LogP contribution in [0, 0.1) is 0 Å². The Labute approximate surface area is 119 Å². The Bertz CT molecular complexity index is 552. The SMILES string of the molecule is NCCCc1cccc(NC(=O)Cc2ccccc2)c1. The number of aryl methyl sites for hydroxylation is 1. The van der Waals surface area contributed by atoms with Crippen LogP contribution in [0.3, 0.4) is 0 Å². The Kier molecular flexibility index (Phi) is 5.33. The topological polar surface area (TPSA) is 55.1 Å². The smallest absolute Gasteiger partial charge is 0.228 e. The van der Waals surface area contributed by atoms with Gasteiger partial charge in [-0.15, -0.1) is 0 Å². The maximum Gasteiger partial charge on any atom is 0.228 e. The van der Waals surface area contributed by atoms with E-state index in [9.17, 15) is 4.79 Å². The molecule has 0 radical (unpaired) electrons. The fourth-order valence-corrected chi connectivity index (χ4v) is 2.10. The predicted molar refractivity (Wildman–Crippen MR) is 82.6 cm³/mol. The summed E-state index contributed by atoms with van der Waals surface area (Å²) in [5.41, 5.74) is 8.58. The van der Waals surface area contributed by atoms with Gasteiger partial charge in [-0.25, -0.2) is 0 Å². The monoisotopic (exact) mass is 268 g/mol. The van der Waals surface area contributed by atoms with E-state index in [0.29, 0.717) is 13.0 Å². The van der Waals surface area contributed by atoms with Gasteiger partial charge < -0.3 is 11.1 Å². The second-order valence-corrected chi connectivity index (χ2v) is 4.80. The summed E-state index contributed by atoms with van der Waals surface area (Å²) < 4.78 is 0. The van der Waals surface area contributed by atoms with E-state index >= 15 is 0 Å². The first-order valence-corrected chi connectivity index (χ1v) is 6.91. The largest absolute Gasteiger partial charge is 0.330 e. The fraction of sp³-hybridized carbons (Fsp3) is 0.235. The summed E-state index contributed by atoms with van der Waals surface area (Å²) >= 11 is 0. The normalized spacial score (nSPS) is 10.2. The zero-order valence-corrected chi connectivity index (χ0v) is 11.5. The number of rotatable bonds is 6. The Balaban J connectivity index is 1.94. The van der Waals surface area contributed by atoms with Crippen LogP contribution < -0.4 is 11.1 Å². The van der Waals surface area contributed by atoms with Crippen molar-refractivity contribution >= 4 is 11.6 Å². The zero-order chi connectivity index (χ0) is 14.2. The molecule has 0 heterocycles. The Morgan fingerprint density at radius 1 is 1.00 bits per heavy atom. The predicted octanol–water partition coefficient (Wildman–Crippen LogP) is 2.76. The molecule has 104 valence electrons. The highest BCUT2D eigenvalue weighted by Gasteiger charge is 2.04. The number of hydrogen-bond donors (Lipinski definition) is 2. The number of anilines is 1. The second-order valence-electron chi connectivity index (χ2n) is 4.80. The molecular weight excluding hydrogens is 248 g/mol. The van der Waals surface area contributed by atoms with Gasteiger partial charge in [-0.3, -0.25) is 4.79 Å². The third kappa shape index (κ3) is 4.52. The van der Waals surface area contributed by atoms with E-state index in [0.717, 1.165) is 24.1 Å². The molecule has 0 spiro atoms. The van der Waals surface area contributed by atoms with E-state index in [2.05, 4.69) is 11.4 Å². The van der Waals surface area contributed by atoms with E-state index in [-0.39, 0.29) is 5.91 Å². The van der Waals surface area contributed by atoms with Crippen molar-refractivity contribution < 1.29 is 4.79 Å². The van der Waals surface area contributed by atoms with Gasteiger partial charge in [-0.05, 0) is 42.6 Å². The van der Waals surface area contributed by atoms with Crippen LogP contribution in [0.25, 0.3) is 0 Å². The van der Waals surface area contributed by atoms with Crippen LogP contribution in [0.4, 0.5) is 5.69 Å². The molecule has 20 heavy (non-hydrogen) atoms. The van der Waals surface area contributed by atoms with Crippen LogP contribution in [0.1, 0.15) is 17.5 Å². The number of benzene rings is 2. The molecule has 2 aromatic rings. The van der Waals surface area contributed by atoms with Crippen molar-refractivity contribution in [1.82, 2.24) is 0 Å². The lowest BCUT2D eigenvalue weighted by Gasteiger charge is -2.07. The third-order valence-electron chi connectivity index (χ3n) is 3.09. The van der Waals surface area contributed by atoms with Gasteiger partial charge in [0, 0.05) is 5.69 Å². The summed E-state index contributed by atoms with van der Waals surface area (Å²) in [4.78, 5) is 12.0. The van der Waals surface area contributed by atoms with Gasteiger partial charge >= 0.3 is 0 Å². The van der Waals surface area contributed by atoms with Crippen molar-refractivity contribution in [3.8, 4) is 0 Å². The summed E-state index contributed by atoms with van der Waals surface area (Å²) in [6, 6.07) is 17.7. The minimum atomic E-state index is 0.00664. The zero-order valence-electron chi connectivity index (χ0n) is 11.5. The fourth-order valence-electron chi connectivity index (χ4n) is 2.10. The number of amides is 1. The molecule has 0 aliphatic rings. The van der Waals surface area contributed by atoms with Gasteiger partial charge in [0.15, 0.2) is 0 Å². The highest BCUT2D eigenvalue weighted by atomic mass is 16.1. The minimum absolute atomic E-state index is 0.00664. The van der Waals surface area contributed by atoms with Gasteiger partial charge in [0.25, 0.3) is 0 Å².